The number of urea groups is 1. The molecule has 2 N–H and O–H groups in total. The molecule has 1 aromatic carbocycles. The molecule has 3 rings (SSSR count). The number of hydrogen-bond donors (Lipinski definition) is 2. The molecule has 7 nitrogen and oxygen atoms in total. The first-order chi connectivity index (χ1) is 12.1. The lowest BCUT2D eigenvalue weighted by Gasteiger charge is -2.06. The number of imide groups is 1. The second kappa shape index (κ2) is 7.27. The predicted molar refractivity (Wildman–Crippen MR) is 96.5 cm³/mol. The predicted octanol–water partition coefficient (Wildman–Crippen LogP) is 1.97. The van der Waals surface area contributed by atoms with Gasteiger partial charge < -0.3 is 5.32 Å². The van der Waals surface area contributed by atoms with Crippen molar-refractivity contribution in [1.82, 2.24) is 20.2 Å². The number of nitrogens with zero attached hydrogens (tertiary/aromatic N) is 2. The van der Waals surface area contributed by atoms with Crippen LogP contribution < -0.4 is 16.2 Å². The first-order valence-corrected chi connectivity index (χ1v) is 8.52. The Morgan fingerprint density at radius 1 is 1.24 bits per heavy atom. The lowest BCUT2D eigenvalue weighted by atomic mass is 10.2. The lowest BCUT2D eigenvalue weighted by Crippen LogP contribution is -2.42. The first-order valence-electron chi connectivity index (χ1n) is 7.70. The van der Waals surface area contributed by atoms with E-state index in [1.807, 2.05) is 36.4 Å². The average molecular weight is 356 g/mol. The highest BCUT2D eigenvalue weighted by Crippen LogP contribution is 2.30. The summed E-state index contributed by atoms with van der Waals surface area (Å²) in [4.78, 5) is 41.0. The molecule has 0 saturated carbocycles. The molecule has 0 aliphatic carbocycles. The molecule has 0 aliphatic rings. The van der Waals surface area contributed by atoms with E-state index in [2.05, 4.69) is 15.6 Å². The van der Waals surface area contributed by atoms with Crippen LogP contribution in [0.25, 0.3) is 20.7 Å². The Morgan fingerprint density at radius 2 is 2.00 bits per heavy atom. The molecule has 0 atom stereocenters. The Kier molecular flexibility index (Phi) is 4.90. The third-order valence-corrected chi connectivity index (χ3v) is 4.63. The minimum absolute atomic E-state index is 0.266. The van der Waals surface area contributed by atoms with Crippen molar-refractivity contribution in [2.24, 2.45) is 0 Å². The summed E-state index contributed by atoms with van der Waals surface area (Å²) in [6.07, 6.45) is 1.32. The van der Waals surface area contributed by atoms with E-state index in [-0.39, 0.29) is 12.1 Å². The second-order valence-electron chi connectivity index (χ2n) is 5.28. The Morgan fingerprint density at radius 3 is 2.72 bits per heavy atom. The molecule has 0 aliphatic heterocycles. The second-order valence-corrected chi connectivity index (χ2v) is 6.33. The number of thiophene rings is 1. The van der Waals surface area contributed by atoms with Gasteiger partial charge in [0.05, 0.1) is 11.8 Å². The molecule has 0 unspecified atom stereocenters. The summed E-state index contributed by atoms with van der Waals surface area (Å²) >= 11 is 1.33. The highest BCUT2D eigenvalue weighted by molar-refractivity contribution is 7.22. The Labute approximate surface area is 147 Å². The third kappa shape index (κ3) is 3.74. The third-order valence-electron chi connectivity index (χ3n) is 3.47. The van der Waals surface area contributed by atoms with Crippen LogP contribution >= 0.6 is 11.3 Å². The van der Waals surface area contributed by atoms with E-state index in [0.717, 1.165) is 10.4 Å². The van der Waals surface area contributed by atoms with Crippen LogP contribution in [0.1, 0.15) is 6.92 Å². The van der Waals surface area contributed by atoms with E-state index in [1.165, 1.54) is 22.2 Å². The fourth-order valence-corrected chi connectivity index (χ4v) is 3.39. The molecular weight excluding hydrogens is 340 g/mol. The quantitative estimate of drug-likeness (QED) is 0.747. The number of hydrogen-bond acceptors (Lipinski definition) is 5. The molecule has 0 radical (unpaired) electrons. The van der Waals surface area contributed by atoms with Crippen LogP contribution in [-0.2, 0) is 11.3 Å². The number of fused-ring (bicyclic) bond motifs is 1. The van der Waals surface area contributed by atoms with Crippen molar-refractivity contribution >= 4 is 33.5 Å². The van der Waals surface area contributed by atoms with Crippen LogP contribution in [0.4, 0.5) is 4.79 Å². The van der Waals surface area contributed by atoms with Crippen molar-refractivity contribution in [1.29, 1.82) is 0 Å². The number of benzene rings is 1. The van der Waals surface area contributed by atoms with Crippen LogP contribution in [-0.4, -0.2) is 28.0 Å². The Bertz CT molecular complexity index is 978. The van der Waals surface area contributed by atoms with Crippen molar-refractivity contribution < 1.29 is 9.59 Å². The van der Waals surface area contributed by atoms with Gasteiger partial charge in [-0.3, -0.25) is 19.5 Å². The van der Waals surface area contributed by atoms with Crippen molar-refractivity contribution in [3.8, 4) is 10.4 Å². The number of carbonyl (C=O) groups excluding carboxylic acids is 2. The van der Waals surface area contributed by atoms with Gasteiger partial charge in [0.2, 0.25) is 5.91 Å². The molecule has 2 heterocycles. The summed E-state index contributed by atoms with van der Waals surface area (Å²) < 4.78 is 1.68. The van der Waals surface area contributed by atoms with Crippen molar-refractivity contribution in [2.45, 2.75) is 13.5 Å². The van der Waals surface area contributed by atoms with E-state index >= 15 is 0 Å². The topological polar surface area (TPSA) is 93.1 Å². The zero-order valence-corrected chi connectivity index (χ0v) is 14.3. The molecule has 3 aromatic rings. The fourth-order valence-electron chi connectivity index (χ4n) is 2.33. The van der Waals surface area contributed by atoms with Gasteiger partial charge in [0.25, 0.3) is 5.56 Å². The molecule has 0 fully saturated rings. The molecule has 3 amide bonds. The standard InChI is InChI=1S/C17H16N4O3S/c1-2-18-17(24)20-14(22)9-21-10-19-12-8-13(25-15(12)16(21)23)11-6-4-3-5-7-11/h3-8,10H,2,9H2,1H3,(H2,18,20,22,24). The minimum atomic E-state index is -0.586. The SMILES string of the molecule is CCNC(=O)NC(=O)Cn1cnc2cc(-c3ccccc3)sc2c1=O. The number of rotatable bonds is 4. The number of carbonyl (C=O) groups is 2. The van der Waals surface area contributed by atoms with E-state index in [4.69, 9.17) is 0 Å². The smallest absolute Gasteiger partial charge is 0.321 e. The fraction of sp³-hybridized carbons (Fsp3) is 0.176. The Balaban J connectivity index is 1.86. The average Bonchev–Trinajstić information content (AvgIpc) is 3.03. The normalized spacial score (nSPS) is 10.6. The maximum absolute atomic E-state index is 12.6. The number of nitrogens with one attached hydrogen (secondary N) is 2. The molecule has 0 spiro atoms. The van der Waals surface area contributed by atoms with Gasteiger partial charge in [-0.05, 0) is 18.6 Å². The van der Waals surface area contributed by atoms with Crippen LogP contribution in [0, 0.1) is 0 Å². The maximum atomic E-state index is 12.6. The van der Waals surface area contributed by atoms with Crippen LogP contribution in [0.3, 0.4) is 0 Å². The monoisotopic (exact) mass is 356 g/mol. The van der Waals surface area contributed by atoms with Crippen molar-refractivity contribution in [3.05, 3.63) is 53.1 Å². The largest absolute Gasteiger partial charge is 0.338 e. The highest BCUT2D eigenvalue weighted by atomic mass is 32.1. The van der Waals surface area contributed by atoms with E-state index in [9.17, 15) is 14.4 Å². The van der Waals surface area contributed by atoms with Crippen molar-refractivity contribution in [2.75, 3.05) is 6.54 Å². The molecule has 0 saturated heterocycles. The van der Waals surface area contributed by atoms with Crippen LogP contribution in [0.5, 0.6) is 0 Å². The minimum Gasteiger partial charge on any atom is -0.338 e. The van der Waals surface area contributed by atoms with Gasteiger partial charge in [0.1, 0.15) is 11.2 Å². The molecular formula is C17H16N4O3S. The van der Waals surface area contributed by atoms with Crippen LogP contribution in [0.2, 0.25) is 0 Å². The summed E-state index contributed by atoms with van der Waals surface area (Å²) in [6.45, 7) is 1.88. The van der Waals surface area contributed by atoms with Crippen LogP contribution in [0.15, 0.2) is 47.5 Å². The first kappa shape index (κ1) is 16.8. The van der Waals surface area contributed by atoms with Gasteiger partial charge in [-0.25, -0.2) is 9.78 Å². The van der Waals surface area contributed by atoms with E-state index < -0.39 is 11.9 Å². The summed E-state index contributed by atoms with van der Waals surface area (Å²) in [5.41, 5.74) is 1.29. The number of aromatic nitrogens is 2. The van der Waals surface area contributed by atoms with Gasteiger partial charge in [-0.15, -0.1) is 11.3 Å². The van der Waals surface area contributed by atoms with Gasteiger partial charge >= 0.3 is 6.03 Å². The summed E-state index contributed by atoms with van der Waals surface area (Å²) in [7, 11) is 0. The highest BCUT2D eigenvalue weighted by Gasteiger charge is 2.13. The van der Waals surface area contributed by atoms with Gasteiger partial charge in [-0.2, -0.15) is 0 Å². The van der Waals surface area contributed by atoms with E-state index in [0.29, 0.717) is 16.8 Å². The summed E-state index contributed by atoms with van der Waals surface area (Å²) in [5.74, 6) is -0.575. The zero-order chi connectivity index (χ0) is 17.8. The van der Waals surface area contributed by atoms with Gasteiger partial charge in [0.15, 0.2) is 0 Å². The molecule has 8 heteroatoms. The maximum Gasteiger partial charge on any atom is 0.321 e. The molecule has 25 heavy (non-hydrogen) atoms. The van der Waals surface area contributed by atoms with Gasteiger partial charge in [-0.1, -0.05) is 30.3 Å². The summed E-state index contributed by atoms with van der Waals surface area (Å²) in [5, 5.41) is 4.62. The van der Waals surface area contributed by atoms with Gasteiger partial charge in [0, 0.05) is 11.4 Å². The van der Waals surface area contributed by atoms with Crippen molar-refractivity contribution in [3.63, 3.8) is 0 Å². The van der Waals surface area contributed by atoms with E-state index in [1.54, 1.807) is 6.92 Å². The number of amides is 3. The zero-order valence-electron chi connectivity index (χ0n) is 13.5. The molecule has 128 valence electrons. The summed E-state index contributed by atoms with van der Waals surface area (Å²) in [6, 6.07) is 11.0. The lowest BCUT2D eigenvalue weighted by molar-refractivity contribution is -0.120. The molecule has 0 bridgehead atoms. The molecule has 2 aromatic heterocycles. The Hall–Kier alpha value is -3.00.